The van der Waals surface area contributed by atoms with Crippen molar-refractivity contribution in [3.05, 3.63) is 17.5 Å². The van der Waals surface area contributed by atoms with Crippen LogP contribution in [0, 0.1) is 12.8 Å². The van der Waals surface area contributed by atoms with Gasteiger partial charge in [-0.05, 0) is 32.1 Å². The van der Waals surface area contributed by atoms with Gasteiger partial charge in [-0.2, -0.15) is 5.10 Å². The van der Waals surface area contributed by atoms with Gasteiger partial charge in [-0.15, -0.1) is 11.8 Å². The highest BCUT2D eigenvalue weighted by atomic mass is 32.2. The number of carbonyl (C=O) groups is 2. The Bertz CT molecular complexity index is 449. The lowest BCUT2D eigenvalue weighted by Crippen LogP contribution is -2.14. The molecule has 2 rings (SSSR count). The van der Waals surface area contributed by atoms with Crippen LogP contribution in [0.15, 0.2) is 6.07 Å². The topological polar surface area (TPSA) is 52.0 Å². The summed E-state index contributed by atoms with van der Waals surface area (Å²) in [7, 11) is 0. The summed E-state index contributed by atoms with van der Waals surface area (Å²) >= 11 is 1.60. The molecule has 1 aromatic rings. The molecule has 0 N–H and O–H groups in total. The number of aryl methyl sites for hydroxylation is 1. The maximum Gasteiger partial charge on any atom is 0.188 e. The Kier molecular flexibility index (Phi) is 3.66. The standard InChI is InChI=1S/C12H16N2O2S/c1-8-5-10(14(13-8)7-17-2)12(16)6-11(15)9-3-4-9/h5,9H,3-4,6-7H2,1-2H3. The minimum absolute atomic E-state index is 0.0319. The predicted molar refractivity (Wildman–Crippen MR) is 67.2 cm³/mol. The average Bonchev–Trinajstić information content (AvgIpc) is 3.04. The van der Waals surface area contributed by atoms with Crippen LogP contribution in [0.25, 0.3) is 0 Å². The van der Waals surface area contributed by atoms with Gasteiger partial charge in [0.1, 0.15) is 11.5 Å². The highest BCUT2D eigenvalue weighted by molar-refractivity contribution is 7.97. The molecule has 0 aliphatic heterocycles. The third-order valence-corrected chi connectivity index (χ3v) is 3.31. The number of carbonyl (C=O) groups excluding carboxylic acids is 2. The van der Waals surface area contributed by atoms with Gasteiger partial charge < -0.3 is 0 Å². The number of nitrogens with zero attached hydrogens (tertiary/aromatic N) is 2. The molecule has 0 saturated heterocycles. The molecule has 1 aliphatic rings. The molecule has 1 heterocycles. The molecule has 1 saturated carbocycles. The summed E-state index contributed by atoms with van der Waals surface area (Å²) in [4.78, 5) is 23.6. The number of rotatable bonds is 6. The van der Waals surface area contributed by atoms with E-state index < -0.39 is 0 Å². The Morgan fingerprint density at radius 3 is 2.82 bits per heavy atom. The van der Waals surface area contributed by atoms with Gasteiger partial charge in [-0.3, -0.25) is 14.3 Å². The van der Waals surface area contributed by atoms with E-state index in [1.54, 1.807) is 22.5 Å². The summed E-state index contributed by atoms with van der Waals surface area (Å²) < 4.78 is 1.68. The van der Waals surface area contributed by atoms with Gasteiger partial charge in [0.2, 0.25) is 0 Å². The van der Waals surface area contributed by atoms with E-state index in [0.717, 1.165) is 18.5 Å². The monoisotopic (exact) mass is 252 g/mol. The molecule has 0 aromatic carbocycles. The smallest absolute Gasteiger partial charge is 0.188 e. The van der Waals surface area contributed by atoms with Crippen molar-refractivity contribution in [3.8, 4) is 0 Å². The van der Waals surface area contributed by atoms with Crippen LogP contribution in [-0.2, 0) is 10.7 Å². The number of hydrogen-bond donors (Lipinski definition) is 0. The predicted octanol–water partition coefficient (Wildman–Crippen LogP) is 2.06. The van der Waals surface area contributed by atoms with Gasteiger partial charge >= 0.3 is 0 Å². The van der Waals surface area contributed by atoms with E-state index in [-0.39, 0.29) is 23.9 Å². The Morgan fingerprint density at radius 2 is 2.24 bits per heavy atom. The van der Waals surface area contributed by atoms with Gasteiger partial charge in [-0.25, -0.2) is 0 Å². The van der Waals surface area contributed by atoms with E-state index in [2.05, 4.69) is 5.10 Å². The van der Waals surface area contributed by atoms with Crippen LogP contribution in [0.2, 0.25) is 0 Å². The summed E-state index contributed by atoms with van der Waals surface area (Å²) in [6.45, 7) is 1.86. The fraction of sp³-hybridized carbons (Fsp3) is 0.583. The van der Waals surface area contributed by atoms with E-state index in [9.17, 15) is 9.59 Å². The molecule has 92 valence electrons. The molecular weight excluding hydrogens is 236 g/mol. The first-order chi connectivity index (χ1) is 8.11. The van der Waals surface area contributed by atoms with Crippen LogP contribution < -0.4 is 0 Å². The lowest BCUT2D eigenvalue weighted by atomic mass is 10.1. The van der Waals surface area contributed by atoms with Gasteiger partial charge in [0, 0.05) is 5.92 Å². The van der Waals surface area contributed by atoms with Gasteiger partial charge in [0.05, 0.1) is 18.0 Å². The molecule has 0 unspecified atom stereocenters. The minimum Gasteiger partial charge on any atom is -0.299 e. The quantitative estimate of drug-likeness (QED) is 0.574. The zero-order valence-corrected chi connectivity index (χ0v) is 10.9. The van der Waals surface area contributed by atoms with Gasteiger partial charge in [0.25, 0.3) is 0 Å². The maximum atomic E-state index is 12.0. The SMILES string of the molecule is CSCn1nc(C)cc1C(=O)CC(=O)C1CC1. The molecular formula is C12H16N2O2S. The van der Waals surface area contributed by atoms with Crippen molar-refractivity contribution in [1.82, 2.24) is 9.78 Å². The first kappa shape index (κ1) is 12.4. The molecule has 4 nitrogen and oxygen atoms in total. The van der Waals surface area contributed by atoms with Crippen LogP contribution in [0.5, 0.6) is 0 Å². The van der Waals surface area contributed by atoms with Gasteiger partial charge in [0.15, 0.2) is 5.78 Å². The fourth-order valence-corrected chi connectivity index (χ4v) is 2.23. The highest BCUT2D eigenvalue weighted by Crippen LogP contribution is 2.31. The summed E-state index contributed by atoms with van der Waals surface area (Å²) in [5.41, 5.74) is 1.38. The summed E-state index contributed by atoms with van der Waals surface area (Å²) in [5, 5.41) is 4.25. The second-order valence-electron chi connectivity index (χ2n) is 4.43. The lowest BCUT2D eigenvalue weighted by Gasteiger charge is -2.04. The third-order valence-electron chi connectivity index (χ3n) is 2.81. The second-order valence-corrected chi connectivity index (χ2v) is 5.26. The van der Waals surface area contributed by atoms with Crippen LogP contribution in [-0.4, -0.2) is 27.6 Å². The number of thioether (sulfide) groups is 1. The molecule has 0 atom stereocenters. The van der Waals surface area contributed by atoms with E-state index in [0.29, 0.717) is 11.6 Å². The summed E-state index contributed by atoms with van der Waals surface area (Å²) in [6.07, 6.45) is 3.90. The lowest BCUT2D eigenvalue weighted by molar-refractivity contribution is -0.119. The molecule has 17 heavy (non-hydrogen) atoms. The number of Topliss-reactive ketones (excluding diaryl/α,β-unsaturated/α-hetero) is 2. The van der Waals surface area contributed by atoms with Crippen LogP contribution in [0.1, 0.15) is 35.4 Å². The Morgan fingerprint density at radius 1 is 1.53 bits per heavy atom. The molecule has 5 heteroatoms. The molecule has 0 spiro atoms. The van der Waals surface area contributed by atoms with Gasteiger partial charge in [-0.1, -0.05) is 0 Å². The largest absolute Gasteiger partial charge is 0.299 e. The number of hydrogen-bond acceptors (Lipinski definition) is 4. The van der Waals surface area contributed by atoms with Crippen LogP contribution in [0.3, 0.4) is 0 Å². The van der Waals surface area contributed by atoms with Crippen molar-refractivity contribution >= 4 is 23.3 Å². The fourth-order valence-electron chi connectivity index (χ4n) is 1.79. The first-order valence-electron chi connectivity index (χ1n) is 5.71. The normalized spacial score (nSPS) is 14.9. The van der Waals surface area contributed by atoms with E-state index in [1.165, 1.54) is 0 Å². The molecule has 0 radical (unpaired) electrons. The van der Waals surface area contributed by atoms with Crippen molar-refractivity contribution in [2.24, 2.45) is 5.92 Å². The molecule has 1 fully saturated rings. The maximum absolute atomic E-state index is 12.0. The van der Waals surface area contributed by atoms with Crippen molar-refractivity contribution in [1.29, 1.82) is 0 Å². The first-order valence-corrected chi connectivity index (χ1v) is 7.10. The molecule has 1 aliphatic carbocycles. The Hall–Kier alpha value is -1.10. The number of ketones is 2. The zero-order chi connectivity index (χ0) is 12.4. The molecule has 0 bridgehead atoms. The molecule has 1 aromatic heterocycles. The highest BCUT2D eigenvalue weighted by Gasteiger charge is 2.31. The van der Waals surface area contributed by atoms with Crippen molar-refractivity contribution in [2.45, 2.75) is 32.1 Å². The van der Waals surface area contributed by atoms with Crippen molar-refractivity contribution < 1.29 is 9.59 Å². The van der Waals surface area contributed by atoms with E-state index >= 15 is 0 Å². The van der Waals surface area contributed by atoms with Crippen molar-refractivity contribution in [3.63, 3.8) is 0 Å². The summed E-state index contributed by atoms with van der Waals surface area (Å²) in [5.74, 6) is 0.782. The Balaban J connectivity index is 2.08. The average molecular weight is 252 g/mol. The summed E-state index contributed by atoms with van der Waals surface area (Å²) in [6, 6.07) is 1.76. The van der Waals surface area contributed by atoms with E-state index in [4.69, 9.17) is 0 Å². The second kappa shape index (κ2) is 5.04. The van der Waals surface area contributed by atoms with E-state index in [1.807, 2.05) is 13.2 Å². The van der Waals surface area contributed by atoms with Crippen LogP contribution >= 0.6 is 11.8 Å². The van der Waals surface area contributed by atoms with Crippen molar-refractivity contribution in [2.75, 3.05) is 6.26 Å². The zero-order valence-electron chi connectivity index (χ0n) is 10.1. The third kappa shape index (κ3) is 2.97. The number of aromatic nitrogens is 2. The Labute approximate surface area is 105 Å². The van der Waals surface area contributed by atoms with Crippen LogP contribution in [0.4, 0.5) is 0 Å². The molecule has 0 amide bonds. The minimum atomic E-state index is -0.100.